The highest BCUT2D eigenvalue weighted by Crippen LogP contribution is 2.32. The van der Waals surface area contributed by atoms with E-state index in [1.165, 1.54) is 22.5 Å². The van der Waals surface area contributed by atoms with E-state index in [1.807, 2.05) is 0 Å². The number of aliphatic hydroxyl groups excluding tert-OH is 1. The van der Waals surface area contributed by atoms with Crippen molar-refractivity contribution >= 4 is 10.0 Å². The van der Waals surface area contributed by atoms with Crippen LogP contribution in [0.1, 0.15) is 18.4 Å². The topological polar surface area (TPSA) is 57.6 Å². The van der Waals surface area contributed by atoms with Gasteiger partial charge < -0.3 is 5.11 Å². The number of rotatable bonds is 6. The molecule has 6 heteroatoms. The molecule has 2 rings (SSSR count). The molecule has 1 fully saturated rings. The maximum atomic E-state index is 13.3. The first-order valence-electron chi connectivity index (χ1n) is 6.02. The number of hydrogen-bond acceptors (Lipinski definition) is 3. The second kappa shape index (κ2) is 5.40. The third-order valence-corrected chi connectivity index (χ3v) is 4.97. The number of benzene rings is 1. The first kappa shape index (κ1) is 14.2. The fourth-order valence-electron chi connectivity index (χ4n) is 1.90. The number of aliphatic hydroxyl groups is 1. The maximum Gasteiger partial charge on any atom is 0.243 e. The maximum absolute atomic E-state index is 13.3. The zero-order valence-electron chi connectivity index (χ0n) is 10.4. The van der Waals surface area contributed by atoms with Crippen LogP contribution in [0.5, 0.6) is 0 Å². The van der Waals surface area contributed by atoms with Gasteiger partial charge in [-0.05, 0) is 31.0 Å². The molecular weight excluding hydrogens is 269 g/mol. The predicted octanol–water partition coefficient (Wildman–Crippen LogP) is 1.66. The first-order valence-corrected chi connectivity index (χ1v) is 7.46. The van der Waals surface area contributed by atoms with Crippen LogP contribution in [0.25, 0.3) is 0 Å². The third-order valence-electron chi connectivity index (χ3n) is 3.06. The second-order valence-electron chi connectivity index (χ2n) is 4.51. The van der Waals surface area contributed by atoms with E-state index in [2.05, 4.69) is 6.58 Å². The lowest BCUT2D eigenvalue weighted by atomic mass is 10.2. The van der Waals surface area contributed by atoms with Crippen LogP contribution in [-0.4, -0.2) is 30.4 Å². The van der Waals surface area contributed by atoms with Crippen molar-refractivity contribution in [3.8, 4) is 0 Å². The van der Waals surface area contributed by atoms with Crippen LogP contribution in [0.4, 0.5) is 4.39 Å². The predicted molar refractivity (Wildman–Crippen MR) is 69.4 cm³/mol. The number of sulfonamides is 1. The van der Waals surface area contributed by atoms with Crippen LogP contribution in [0.3, 0.4) is 0 Å². The van der Waals surface area contributed by atoms with Gasteiger partial charge in [-0.15, -0.1) is 6.58 Å². The minimum Gasteiger partial charge on any atom is -0.392 e. The molecule has 0 spiro atoms. The Hall–Kier alpha value is -1.24. The standard InChI is InChI=1S/C13H16FNO3S/c1-2-7-15(11-3-4-11)19(17,18)12-5-6-13(14)10(8-12)9-16/h2,5-6,8,11,16H,1,3-4,7,9H2. The summed E-state index contributed by atoms with van der Waals surface area (Å²) >= 11 is 0. The minimum atomic E-state index is -3.67. The van der Waals surface area contributed by atoms with Crippen molar-refractivity contribution in [1.29, 1.82) is 0 Å². The number of nitrogens with zero attached hydrogens (tertiary/aromatic N) is 1. The molecule has 4 nitrogen and oxygen atoms in total. The van der Waals surface area contributed by atoms with Gasteiger partial charge in [0.25, 0.3) is 0 Å². The largest absolute Gasteiger partial charge is 0.392 e. The van der Waals surface area contributed by atoms with E-state index in [-0.39, 0.29) is 23.0 Å². The average molecular weight is 285 g/mol. The lowest BCUT2D eigenvalue weighted by Crippen LogP contribution is -2.33. The molecule has 104 valence electrons. The molecule has 0 aromatic heterocycles. The summed E-state index contributed by atoms with van der Waals surface area (Å²) in [5.74, 6) is -0.608. The van der Waals surface area contributed by atoms with Gasteiger partial charge in [-0.3, -0.25) is 0 Å². The van der Waals surface area contributed by atoms with Crippen LogP contribution in [0.15, 0.2) is 35.7 Å². The molecule has 19 heavy (non-hydrogen) atoms. The van der Waals surface area contributed by atoms with E-state index >= 15 is 0 Å². The Labute approximate surface area is 112 Å². The highest BCUT2D eigenvalue weighted by Gasteiger charge is 2.37. The summed E-state index contributed by atoms with van der Waals surface area (Å²) < 4.78 is 39.6. The Morgan fingerprint density at radius 3 is 2.68 bits per heavy atom. The van der Waals surface area contributed by atoms with Gasteiger partial charge in [0.05, 0.1) is 11.5 Å². The van der Waals surface area contributed by atoms with Crippen molar-refractivity contribution in [1.82, 2.24) is 4.31 Å². The molecule has 1 N–H and O–H groups in total. The molecule has 0 bridgehead atoms. The summed E-state index contributed by atoms with van der Waals surface area (Å²) in [4.78, 5) is 0.00620. The Kier molecular flexibility index (Phi) is 4.03. The average Bonchev–Trinajstić information content (AvgIpc) is 3.20. The molecule has 1 aliphatic carbocycles. The van der Waals surface area contributed by atoms with E-state index < -0.39 is 22.4 Å². The zero-order valence-corrected chi connectivity index (χ0v) is 11.2. The van der Waals surface area contributed by atoms with E-state index in [0.717, 1.165) is 18.9 Å². The number of halogens is 1. The minimum absolute atomic E-state index is 0.00521. The van der Waals surface area contributed by atoms with Gasteiger partial charge in [0.15, 0.2) is 0 Å². The van der Waals surface area contributed by atoms with Crippen molar-refractivity contribution in [3.63, 3.8) is 0 Å². The normalized spacial score (nSPS) is 15.7. The monoisotopic (exact) mass is 285 g/mol. The van der Waals surface area contributed by atoms with Crippen molar-refractivity contribution in [2.24, 2.45) is 0 Å². The summed E-state index contributed by atoms with van der Waals surface area (Å²) in [5.41, 5.74) is -0.0181. The molecule has 0 aliphatic heterocycles. The van der Waals surface area contributed by atoms with Crippen molar-refractivity contribution < 1.29 is 17.9 Å². The van der Waals surface area contributed by atoms with E-state index in [4.69, 9.17) is 5.11 Å². The molecule has 0 radical (unpaired) electrons. The Morgan fingerprint density at radius 1 is 1.47 bits per heavy atom. The third kappa shape index (κ3) is 2.86. The fraction of sp³-hybridized carbons (Fsp3) is 0.385. The summed E-state index contributed by atoms with van der Waals surface area (Å²) in [6.45, 7) is 3.27. The molecule has 1 aliphatic rings. The van der Waals surface area contributed by atoms with E-state index in [1.54, 1.807) is 0 Å². The van der Waals surface area contributed by atoms with Crippen LogP contribution >= 0.6 is 0 Å². The Balaban J connectivity index is 2.39. The smallest absolute Gasteiger partial charge is 0.243 e. The van der Waals surface area contributed by atoms with E-state index in [0.29, 0.717) is 0 Å². The van der Waals surface area contributed by atoms with Crippen LogP contribution in [0.2, 0.25) is 0 Å². The molecular formula is C13H16FNO3S. The van der Waals surface area contributed by atoms with Gasteiger partial charge in [0.2, 0.25) is 10.0 Å². The van der Waals surface area contributed by atoms with Crippen molar-refractivity contribution in [3.05, 3.63) is 42.2 Å². The van der Waals surface area contributed by atoms with Crippen molar-refractivity contribution in [2.75, 3.05) is 6.54 Å². The van der Waals surface area contributed by atoms with Crippen molar-refractivity contribution in [2.45, 2.75) is 30.4 Å². The molecule has 1 saturated carbocycles. The lowest BCUT2D eigenvalue weighted by molar-refractivity contribution is 0.275. The molecule has 1 aromatic carbocycles. The fourth-order valence-corrected chi connectivity index (χ4v) is 3.61. The molecule has 0 atom stereocenters. The Bertz CT molecular complexity index is 582. The van der Waals surface area contributed by atoms with Gasteiger partial charge in [-0.25, -0.2) is 12.8 Å². The van der Waals surface area contributed by atoms with Gasteiger partial charge in [0.1, 0.15) is 5.82 Å². The van der Waals surface area contributed by atoms with Gasteiger partial charge in [0, 0.05) is 18.2 Å². The summed E-state index contributed by atoms with van der Waals surface area (Å²) in [6.07, 6.45) is 3.20. The van der Waals surface area contributed by atoms with Crippen LogP contribution in [-0.2, 0) is 16.6 Å². The number of hydrogen-bond donors (Lipinski definition) is 1. The van der Waals surface area contributed by atoms with E-state index in [9.17, 15) is 12.8 Å². The highest BCUT2D eigenvalue weighted by molar-refractivity contribution is 7.89. The SMILES string of the molecule is C=CCN(C1CC1)S(=O)(=O)c1ccc(F)c(CO)c1. The van der Waals surface area contributed by atoms with Crippen LogP contribution < -0.4 is 0 Å². The second-order valence-corrected chi connectivity index (χ2v) is 6.40. The Morgan fingerprint density at radius 2 is 2.16 bits per heavy atom. The molecule has 0 heterocycles. The van der Waals surface area contributed by atoms with Crippen LogP contribution in [0, 0.1) is 5.82 Å². The lowest BCUT2D eigenvalue weighted by Gasteiger charge is -2.20. The first-order chi connectivity index (χ1) is 9.00. The molecule has 0 amide bonds. The zero-order chi connectivity index (χ0) is 14.0. The summed E-state index contributed by atoms with van der Waals surface area (Å²) in [6, 6.07) is 3.48. The van der Waals surface area contributed by atoms with Gasteiger partial charge >= 0.3 is 0 Å². The quantitative estimate of drug-likeness (QED) is 0.809. The molecule has 0 unspecified atom stereocenters. The summed E-state index contributed by atoms with van der Waals surface area (Å²) in [7, 11) is -3.67. The van der Waals surface area contributed by atoms with Gasteiger partial charge in [-0.2, -0.15) is 4.31 Å². The molecule has 0 saturated heterocycles. The highest BCUT2D eigenvalue weighted by atomic mass is 32.2. The molecule has 1 aromatic rings. The van der Waals surface area contributed by atoms with Gasteiger partial charge in [-0.1, -0.05) is 6.08 Å². The summed E-state index contributed by atoms with van der Waals surface area (Å²) in [5, 5.41) is 9.01.